The van der Waals surface area contributed by atoms with Crippen LogP contribution in [0.25, 0.3) is 0 Å². The van der Waals surface area contributed by atoms with E-state index in [1.54, 1.807) is 33.5 Å². The zero-order valence-electron chi connectivity index (χ0n) is 18.2. The van der Waals surface area contributed by atoms with Crippen LogP contribution in [0.5, 0.6) is 28.7 Å². The molecule has 0 radical (unpaired) electrons. The lowest BCUT2D eigenvalue weighted by Crippen LogP contribution is -2.29. The van der Waals surface area contributed by atoms with Crippen molar-refractivity contribution in [3.63, 3.8) is 0 Å². The quantitative estimate of drug-likeness (QED) is 0.634. The first-order valence-corrected chi connectivity index (χ1v) is 9.86. The predicted octanol–water partition coefficient (Wildman–Crippen LogP) is 3.16. The first-order valence-electron chi connectivity index (χ1n) is 9.86. The van der Waals surface area contributed by atoms with Gasteiger partial charge in [-0.25, -0.2) is 0 Å². The van der Waals surface area contributed by atoms with Gasteiger partial charge in [-0.2, -0.15) is 0 Å². The number of hydrogen-bond acceptors (Lipinski definition) is 6. The molecule has 1 N–H and O–H groups in total. The van der Waals surface area contributed by atoms with Crippen LogP contribution in [-0.2, 0) is 17.6 Å². The zero-order valence-corrected chi connectivity index (χ0v) is 18.2. The molecule has 0 aromatic heterocycles. The average molecular weight is 415 g/mol. The molecule has 2 aromatic rings. The van der Waals surface area contributed by atoms with Gasteiger partial charge in [0.2, 0.25) is 11.7 Å². The highest BCUT2D eigenvalue weighted by molar-refractivity contribution is 5.79. The van der Waals surface area contributed by atoms with Crippen LogP contribution in [0, 0.1) is 0 Å². The van der Waals surface area contributed by atoms with Gasteiger partial charge in [-0.05, 0) is 37.6 Å². The summed E-state index contributed by atoms with van der Waals surface area (Å²) in [6.45, 7) is 4.85. The van der Waals surface area contributed by atoms with E-state index in [1.807, 2.05) is 12.1 Å². The molecule has 1 aliphatic rings. The highest BCUT2D eigenvalue weighted by atomic mass is 16.5. The molecule has 1 aliphatic heterocycles. The third-order valence-electron chi connectivity index (χ3n) is 4.83. The summed E-state index contributed by atoms with van der Waals surface area (Å²) in [7, 11) is 4.63. The summed E-state index contributed by atoms with van der Waals surface area (Å²) in [5, 5.41) is 2.87. The van der Waals surface area contributed by atoms with E-state index in [9.17, 15) is 4.79 Å². The normalized spacial score (nSPS) is 13.8. The molecular formula is C23H29NO6. The van der Waals surface area contributed by atoms with E-state index < -0.39 is 0 Å². The van der Waals surface area contributed by atoms with Gasteiger partial charge in [0.1, 0.15) is 12.2 Å². The maximum atomic E-state index is 12.3. The Morgan fingerprint density at radius 1 is 1.07 bits per heavy atom. The molecule has 30 heavy (non-hydrogen) atoms. The minimum Gasteiger partial charge on any atom is -0.493 e. The van der Waals surface area contributed by atoms with Gasteiger partial charge in [-0.1, -0.05) is 12.1 Å². The van der Waals surface area contributed by atoms with Crippen molar-refractivity contribution >= 4 is 5.91 Å². The largest absolute Gasteiger partial charge is 0.493 e. The summed E-state index contributed by atoms with van der Waals surface area (Å²) in [4.78, 5) is 12.3. The molecule has 7 nitrogen and oxygen atoms in total. The van der Waals surface area contributed by atoms with E-state index >= 15 is 0 Å². The van der Waals surface area contributed by atoms with Crippen LogP contribution in [-0.4, -0.2) is 46.0 Å². The highest BCUT2D eigenvalue weighted by Crippen LogP contribution is 2.41. The fourth-order valence-electron chi connectivity index (χ4n) is 3.54. The molecule has 0 fully saturated rings. The number of amides is 1. The van der Waals surface area contributed by atoms with E-state index in [2.05, 4.69) is 25.2 Å². The molecule has 7 heteroatoms. The number of benzene rings is 2. The molecule has 0 aliphatic carbocycles. The monoisotopic (exact) mass is 415 g/mol. The van der Waals surface area contributed by atoms with Crippen molar-refractivity contribution in [3.8, 4) is 28.7 Å². The number of para-hydroxylation sites is 1. The van der Waals surface area contributed by atoms with Gasteiger partial charge in [-0.15, -0.1) is 0 Å². The summed E-state index contributed by atoms with van der Waals surface area (Å²) in [6.07, 6.45) is 1.04. The van der Waals surface area contributed by atoms with Gasteiger partial charge < -0.3 is 29.0 Å². The SMILES string of the molecule is COc1cc(CC(=O)NCCOc2cccc3c2OC(C)(C)C3)cc(OC)c1OC. The summed E-state index contributed by atoms with van der Waals surface area (Å²) >= 11 is 0. The van der Waals surface area contributed by atoms with Crippen LogP contribution in [0.15, 0.2) is 30.3 Å². The van der Waals surface area contributed by atoms with Crippen molar-refractivity contribution in [2.45, 2.75) is 32.3 Å². The Kier molecular flexibility index (Phi) is 6.59. The van der Waals surface area contributed by atoms with E-state index in [1.165, 1.54) is 0 Å². The Labute approximate surface area is 177 Å². The number of fused-ring (bicyclic) bond motifs is 1. The molecule has 0 saturated carbocycles. The summed E-state index contributed by atoms with van der Waals surface area (Å²) in [5.74, 6) is 2.91. The molecular weight excluding hydrogens is 386 g/mol. The molecule has 0 saturated heterocycles. The van der Waals surface area contributed by atoms with Crippen LogP contribution in [0.2, 0.25) is 0 Å². The average Bonchev–Trinajstić information content (AvgIpc) is 3.04. The molecule has 162 valence electrons. The highest BCUT2D eigenvalue weighted by Gasteiger charge is 2.32. The molecule has 0 bridgehead atoms. The molecule has 3 rings (SSSR count). The number of ether oxygens (including phenoxy) is 5. The van der Waals surface area contributed by atoms with Crippen molar-refractivity contribution in [1.82, 2.24) is 5.32 Å². The topological polar surface area (TPSA) is 75.3 Å². The first kappa shape index (κ1) is 21.6. The number of carbonyl (C=O) groups excluding carboxylic acids is 1. The second kappa shape index (κ2) is 9.15. The molecule has 0 unspecified atom stereocenters. The van der Waals surface area contributed by atoms with Gasteiger partial charge in [-0.3, -0.25) is 4.79 Å². The predicted molar refractivity (Wildman–Crippen MR) is 113 cm³/mol. The zero-order chi connectivity index (χ0) is 21.7. The van der Waals surface area contributed by atoms with Crippen LogP contribution < -0.4 is 29.0 Å². The van der Waals surface area contributed by atoms with E-state index in [-0.39, 0.29) is 17.9 Å². The van der Waals surface area contributed by atoms with E-state index in [0.717, 1.165) is 23.3 Å². The van der Waals surface area contributed by atoms with Gasteiger partial charge in [0.25, 0.3) is 0 Å². The number of carbonyl (C=O) groups is 1. The van der Waals surface area contributed by atoms with Gasteiger partial charge in [0, 0.05) is 12.0 Å². The van der Waals surface area contributed by atoms with Crippen molar-refractivity contribution in [2.24, 2.45) is 0 Å². The van der Waals surface area contributed by atoms with Crippen LogP contribution >= 0.6 is 0 Å². The lowest BCUT2D eigenvalue weighted by atomic mass is 10.0. The first-order chi connectivity index (χ1) is 14.4. The van der Waals surface area contributed by atoms with E-state index in [4.69, 9.17) is 23.7 Å². The van der Waals surface area contributed by atoms with Crippen molar-refractivity contribution < 1.29 is 28.5 Å². The van der Waals surface area contributed by atoms with Crippen molar-refractivity contribution in [2.75, 3.05) is 34.5 Å². The Hall–Kier alpha value is -3.09. The van der Waals surface area contributed by atoms with Crippen LogP contribution in [0.1, 0.15) is 25.0 Å². The molecule has 2 aromatic carbocycles. The second-order valence-corrected chi connectivity index (χ2v) is 7.69. The Morgan fingerprint density at radius 2 is 1.77 bits per heavy atom. The van der Waals surface area contributed by atoms with Crippen molar-refractivity contribution in [1.29, 1.82) is 0 Å². The lowest BCUT2D eigenvalue weighted by molar-refractivity contribution is -0.120. The molecule has 1 heterocycles. The molecule has 1 amide bonds. The number of rotatable bonds is 9. The lowest BCUT2D eigenvalue weighted by Gasteiger charge is -2.18. The second-order valence-electron chi connectivity index (χ2n) is 7.69. The van der Waals surface area contributed by atoms with Crippen LogP contribution in [0.4, 0.5) is 0 Å². The summed E-state index contributed by atoms with van der Waals surface area (Å²) < 4.78 is 27.8. The Morgan fingerprint density at radius 3 is 2.40 bits per heavy atom. The van der Waals surface area contributed by atoms with Crippen molar-refractivity contribution in [3.05, 3.63) is 41.5 Å². The van der Waals surface area contributed by atoms with Gasteiger partial charge >= 0.3 is 0 Å². The minimum atomic E-state index is -0.226. The third-order valence-corrected chi connectivity index (χ3v) is 4.83. The Bertz CT molecular complexity index is 884. The van der Waals surface area contributed by atoms with E-state index in [0.29, 0.717) is 36.1 Å². The van der Waals surface area contributed by atoms with Gasteiger partial charge in [0.05, 0.1) is 34.3 Å². The van der Waals surface area contributed by atoms with Gasteiger partial charge in [0.15, 0.2) is 23.0 Å². The smallest absolute Gasteiger partial charge is 0.224 e. The fraction of sp³-hybridized carbons (Fsp3) is 0.435. The standard InChI is InChI=1S/C23H29NO6/c1-23(2)14-16-7-6-8-17(21(16)30-23)29-10-9-24-20(25)13-15-11-18(26-3)22(28-5)19(12-15)27-4/h6-8,11-12H,9-10,13-14H2,1-5H3,(H,24,25). The third kappa shape index (κ3) is 4.90. The fourth-order valence-corrected chi connectivity index (χ4v) is 3.54. The Balaban J connectivity index is 1.53. The number of nitrogens with one attached hydrogen (secondary N) is 1. The molecule has 0 spiro atoms. The summed E-state index contributed by atoms with van der Waals surface area (Å²) in [5.41, 5.74) is 1.68. The molecule has 0 atom stereocenters. The summed E-state index contributed by atoms with van der Waals surface area (Å²) in [6, 6.07) is 9.43. The maximum Gasteiger partial charge on any atom is 0.224 e. The van der Waals surface area contributed by atoms with Crippen LogP contribution in [0.3, 0.4) is 0 Å². The number of methoxy groups -OCH3 is 3. The minimum absolute atomic E-state index is 0.122. The number of hydrogen-bond donors (Lipinski definition) is 1. The maximum absolute atomic E-state index is 12.3.